The van der Waals surface area contributed by atoms with E-state index in [4.69, 9.17) is 5.14 Å². The molecule has 1 atom stereocenters. The third kappa shape index (κ3) is 4.05. The highest BCUT2D eigenvalue weighted by atomic mass is 32.2. The molecule has 3 N–H and O–H groups in total. The molecule has 1 aliphatic heterocycles. The molecular formula is C19H23N3O3S. The monoisotopic (exact) mass is 373 g/mol. The predicted octanol–water partition coefficient (Wildman–Crippen LogP) is 1.71. The Morgan fingerprint density at radius 3 is 2.58 bits per heavy atom. The van der Waals surface area contributed by atoms with Crippen molar-refractivity contribution in [3.05, 3.63) is 59.2 Å². The lowest BCUT2D eigenvalue weighted by molar-refractivity contribution is -0.120. The van der Waals surface area contributed by atoms with Gasteiger partial charge in [0, 0.05) is 18.3 Å². The van der Waals surface area contributed by atoms with Crippen molar-refractivity contribution in [2.75, 3.05) is 11.4 Å². The quantitative estimate of drug-likeness (QED) is 0.834. The molecule has 26 heavy (non-hydrogen) atoms. The van der Waals surface area contributed by atoms with E-state index in [0.29, 0.717) is 13.0 Å². The molecule has 0 aliphatic carbocycles. The van der Waals surface area contributed by atoms with Gasteiger partial charge in [-0.2, -0.15) is 0 Å². The van der Waals surface area contributed by atoms with Crippen LogP contribution < -0.4 is 15.4 Å². The summed E-state index contributed by atoms with van der Waals surface area (Å²) in [6, 6.07) is 13.0. The molecule has 0 aromatic heterocycles. The lowest BCUT2D eigenvalue weighted by Gasteiger charge is -2.24. The number of nitrogens with two attached hydrogens (primary N) is 1. The van der Waals surface area contributed by atoms with E-state index in [-0.39, 0.29) is 23.4 Å². The van der Waals surface area contributed by atoms with E-state index in [1.54, 1.807) is 12.1 Å². The van der Waals surface area contributed by atoms with Crippen molar-refractivity contribution in [2.45, 2.75) is 37.8 Å². The van der Waals surface area contributed by atoms with Crippen LogP contribution in [0.2, 0.25) is 0 Å². The number of fused-ring (bicyclic) bond motifs is 1. The first-order chi connectivity index (χ1) is 12.2. The van der Waals surface area contributed by atoms with Crippen LogP contribution in [0.4, 0.5) is 5.69 Å². The number of sulfonamides is 1. The van der Waals surface area contributed by atoms with E-state index in [1.807, 2.05) is 43.0 Å². The average Bonchev–Trinajstić information content (AvgIpc) is 2.88. The molecule has 0 saturated heterocycles. The van der Waals surface area contributed by atoms with E-state index >= 15 is 0 Å². The molecule has 138 valence electrons. The Morgan fingerprint density at radius 2 is 1.92 bits per heavy atom. The number of hydrogen-bond donors (Lipinski definition) is 2. The minimum Gasteiger partial charge on any atom is -0.359 e. The number of carbonyl (C=O) groups is 1. The number of hydrogen-bond acceptors (Lipinski definition) is 4. The summed E-state index contributed by atoms with van der Waals surface area (Å²) in [5.41, 5.74) is 4.02. The minimum absolute atomic E-state index is 0.0687. The number of carbonyl (C=O) groups excluding carboxylic acids is 1. The molecule has 0 radical (unpaired) electrons. The lowest BCUT2D eigenvalue weighted by atomic mass is 10.1. The highest BCUT2D eigenvalue weighted by molar-refractivity contribution is 7.89. The number of anilines is 1. The molecule has 0 fully saturated rings. The molecule has 0 saturated carbocycles. The van der Waals surface area contributed by atoms with Crippen LogP contribution in [0.1, 0.15) is 23.6 Å². The van der Waals surface area contributed by atoms with Gasteiger partial charge in [-0.3, -0.25) is 4.79 Å². The molecule has 6 nitrogen and oxygen atoms in total. The van der Waals surface area contributed by atoms with Gasteiger partial charge < -0.3 is 10.2 Å². The molecule has 1 aliphatic rings. The van der Waals surface area contributed by atoms with Crippen LogP contribution in [-0.4, -0.2) is 26.9 Å². The van der Waals surface area contributed by atoms with Gasteiger partial charge in [-0.1, -0.05) is 29.8 Å². The van der Waals surface area contributed by atoms with Crippen molar-refractivity contribution in [3.8, 4) is 0 Å². The van der Waals surface area contributed by atoms with Crippen molar-refractivity contribution in [1.82, 2.24) is 5.32 Å². The van der Waals surface area contributed by atoms with Crippen LogP contribution >= 0.6 is 0 Å². The number of rotatable bonds is 5. The Hall–Kier alpha value is -2.38. The number of aryl methyl sites for hydroxylation is 1. The maximum Gasteiger partial charge on any atom is 0.239 e. The molecule has 2 aromatic carbocycles. The summed E-state index contributed by atoms with van der Waals surface area (Å²) >= 11 is 0. The van der Waals surface area contributed by atoms with E-state index < -0.39 is 10.0 Å². The Bertz CT molecular complexity index is 924. The zero-order valence-electron chi connectivity index (χ0n) is 14.9. The van der Waals surface area contributed by atoms with Crippen LogP contribution in [0.3, 0.4) is 0 Å². The number of nitrogens with one attached hydrogen (secondary N) is 1. The Balaban J connectivity index is 1.67. The van der Waals surface area contributed by atoms with Gasteiger partial charge in [-0.05, 0) is 49.6 Å². The van der Waals surface area contributed by atoms with Gasteiger partial charge in [-0.25, -0.2) is 13.6 Å². The third-order valence-electron chi connectivity index (χ3n) is 4.66. The van der Waals surface area contributed by atoms with Gasteiger partial charge in [0.1, 0.15) is 0 Å². The summed E-state index contributed by atoms with van der Waals surface area (Å²) in [6.45, 7) is 4.76. The molecule has 0 spiro atoms. The molecule has 0 unspecified atom stereocenters. The van der Waals surface area contributed by atoms with Gasteiger partial charge in [0.2, 0.25) is 15.9 Å². The predicted molar refractivity (Wildman–Crippen MR) is 101 cm³/mol. The van der Waals surface area contributed by atoms with Crippen molar-refractivity contribution >= 4 is 21.6 Å². The fraction of sp³-hybridized carbons (Fsp3) is 0.316. The Kier molecular flexibility index (Phi) is 5.02. The number of amides is 1. The van der Waals surface area contributed by atoms with Gasteiger partial charge in [-0.15, -0.1) is 0 Å². The summed E-state index contributed by atoms with van der Waals surface area (Å²) in [5.74, 6) is -0.0687. The van der Waals surface area contributed by atoms with E-state index in [1.165, 1.54) is 11.6 Å². The lowest BCUT2D eigenvalue weighted by Crippen LogP contribution is -2.39. The second-order valence-electron chi connectivity index (χ2n) is 6.78. The summed E-state index contributed by atoms with van der Waals surface area (Å²) in [6.07, 6.45) is 0.684. The zero-order chi connectivity index (χ0) is 18.9. The second kappa shape index (κ2) is 7.09. The first kappa shape index (κ1) is 18.4. The highest BCUT2D eigenvalue weighted by Gasteiger charge is 2.28. The van der Waals surface area contributed by atoms with Gasteiger partial charge in [0.15, 0.2) is 0 Å². The van der Waals surface area contributed by atoms with E-state index in [2.05, 4.69) is 5.32 Å². The number of nitrogens with zero attached hydrogens (tertiary/aromatic N) is 1. The molecule has 1 amide bonds. The molecule has 0 bridgehead atoms. The van der Waals surface area contributed by atoms with Gasteiger partial charge in [0.25, 0.3) is 0 Å². The maximum atomic E-state index is 12.4. The van der Waals surface area contributed by atoms with Crippen molar-refractivity contribution in [3.63, 3.8) is 0 Å². The summed E-state index contributed by atoms with van der Waals surface area (Å²) in [7, 11) is -3.72. The smallest absolute Gasteiger partial charge is 0.239 e. The summed E-state index contributed by atoms with van der Waals surface area (Å²) in [5, 5.41) is 8.14. The highest BCUT2D eigenvalue weighted by Crippen LogP contribution is 2.33. The fourth-order valence-electron chi connectivity index (χ4n) is 3.21. The third-order valence-corrected chi connectivity index (χ3v) is 5.57. The second-order valence-corrected chi connectivity index (χ2v) is 8.34. The van der Waals surface area contributed by atoms with Gasteiger partial charge >= 0.3 is 0 Å². The SMILES string of the molecule is Cc1ccc(CNC(=O)CN2c3ccc(S(N)(=O)=O)cc3C[C@H]2C)cc1. The number of benzene rings is 2. The topological polar surface area (TPSA) is 92.5 Å². The largest absolute Gasteiger partial charge is 0.359 e. The first-order valence-corrected chi connectivity index (χ1v) is 10.0. The van der Waals surface area contributed by atoms with E-state index in [0.717, 1.165) is 16.8 Å². The normalized spacial score (nSPS) is 16.4. The molecule has 3 rings (SSSR count). The van der Waals surface area contributed by atoms with Crippen LogP contribution in [0, 0.1) is 6.92 Å². The maximum absolute atomic E-state index is 12.4. The summed E-state index contributed by atoms with van der Waals surface area (Å²) < 4.78 is 23.0. The summed E-state index contributed by atoms with van der Waals surface area (Å²) in [4.78, 5) is 14.5. The standard InChI is InChI=1S/C19H23N3O3S/c1-13-3-5-15(6-4-13)11-21-19(23)12-22-14(2)9-16-10-17(26(20,24)25)7-8-18(16)22/h3-8,10,14H,9,11-12H2,1-2H3,(H,21,23)(H2,20,24,25)/t14-/m1/s1. The zero-order valence-corrected chi connectivity index (χ0v) is 15.7. The Labute approximate surface area is 154 Å². The molecule has 1 heterocycles. The van der Waals surface area contributed by atoms with Crippen molar-refractivity contribution in [2.24, 2.45) is 5.14 Å². The first-order valence-electron chi connectivity index (χ1n) is 8.48. The van der Waals surface area contributed by atoms with Crippen LogP contribution in [0.25, 0.3) is 0 Å². The molecule has 2 aromatic rings. The molecule has 7 heteroatoms. The fourth-order valence-corrected chi connectivity index (χ4v) is 3.77. The van der Waals surface area contributed by atoms with Crippen LogP contribution in [-0.2, 0) is 27.8 Å². The average molecular weight is 373 g/mol. The van der Waals surface area contributed by atoms with Crippen molar-refractivity contribution in [1.29, 1.82) is 0 Å². The minimum atomic E-state index is -3.72. The van der Waals surface area contributed by atoms with Crippen LogP contribution in [0.5, 0.6) is 0 Å². The Morgan fingerprint density at radius 1 is 1.23 bits per heavy atom. The van der Waals surface area contributed by atoms with Crippen LogP contribution in [0.15, 0.2) is 47.4 Å². The molecular weight excluding hydrogens is 350 g/mol. The number of primary sulfonamides is 1. The van der Waals surface area contributed by atoms with Crippen molar-refractivity contribution < 1.29 is 13.2 Å². The van der Waals surface area contributed by atoms with Gasteiger partial charge in [0.05, 0.1) is 11.4 Å². The van der Waals surface area contributed by atoms with E-state index in [9.17, 15) is 13.2 Å².